The largest absolute Gasteiger partial charge is 0.506 e. The van der Waals surface area contributed by atoms with Gasteiger partial charge in [0, 0.05) is 19.1 Å². The van der Waals surface area contributed by atoms with Gasteiger partial charge in [-0.15, -0.1) is 0 Å². The highest BCUT2D eigenvalue weighted by atomic mass is 16.6. The van der Waals surface area contributed by atoms with Crippen molar-refractivity contribution in [3.8, 4) is 5.75 Å². The van der Waals surface area contributed by atoms with E-state index >= 15 is 0 Å². The molecule has 2 unspecified atom stereocenters. The zero-order valence-electron chi connectivity index (χ0n) is 42.8. The number of carboxylic acid groups (broad SMARTS) is 1. The fourth-order valence-corrected chi connectivity index (χ4v) is 5.97. The molecule has 0 aliphatic heterocycles. The topological polar surface area (TPSA) is 301 Å². The molecule has 0 bridgehead atoms. The smallest absolute Gasteiger partial charge is 0.411 e. The number of phenols is 1. The number of rotatable bonds is 45. The van der Waals surface area contributed by atoms with Crippen molar-refractivity contribution in [1.82, 2.24) is 16.0 Å². The minimum atomic E-state index is -1.01. The van der Waals surface area contributed by atoms with Crippen molar-refractivity contribution >= 4 is 35.7 Å². The maximum atomic E-state index is 12.4. The molecule has 0 radical (unpaired) electrons. The summed E-state index contributed by atoms with van der Waals surface area (Å²) in [6.07, 6.45) is 2.84. The third-order valence-electron chi connectivity index (χ3n) is 9.66. The molecule has 1 rings (SSSR count). The zero-order valence-corrected chi connectivity index (χ0v) is 42.8. The maximum absolute atomic E-state index is 12.4. The fourth-order valence-electron chi connectivity index (χ4n) is 5.97. The molecular formula is C48H85N5O18. The van der Waals surface area contributed by atoms with E-state index in [0.29, 0.717) is 124 Å². The molecule has 0 saturated carbocycles. The standard InChI is InChI=1S/C48H85N5O18/c1-6-7-13-51-44(56)40(49)10-8-9-14-50-43(55)36-69-30-29-67-26-25-65-22-21-63-18-17-61-15-16-62-19-20-64-23-24-66-27-28-68-31-32-70-46(59)53-41-35-38(11-12-42(41)54)34-39(33-37(2)45(57)58)52-47(60)71-48(3,4)5/h11-12,35,37,39-40,54H,6-10,13-34,36,49H2,1-5H3,(H,50,55)(H,51,56)(H,52,60)(H,53,59)(H,57,58)/t37?,39?,40-/m0/s1. The first-order chi connectivity index (χ1) is 34.1. The lowest BCUT2D eigenvalue weighted by Gasteiger charge is -2.25. The first kappa shape index (κ1) is 64.6. The maximum Gasteiger partial charge on any atom is 0.411 e. The third kappa shape index (κ3) is 38.9. The molecule has 0 aliphatic carbocycles. The van der Waals surface area contributed by atoms with Gasteiger partial charge in [-0.25, -0.2) is 9.59 Å². The van der Waals surface area contributed by atoms with Crippen LogP contribution in [0.15, 0.2) is 18.2 Å². The molecular weight excluding hydrogens is 935 g/mol. The highest BCUT2D eigenvalue weighted by molar-refractivity contribution is 5.86. The van der Waals surface area contributed by atoms with Crippen LogP contribution >= 0.6 is 0 Å². The minimum absolute atomic E-state index is 0.0463. The van der Waals surface area contributed by atoms with Gasteiger partial charge < -0.3 is 84.0 Å². The van der Waals surface area contributed by atoms with Crippen LogP contribution in [0.1, 0.15) is 78.7 Å². The Morgan fingerprint density at radius 1 is 0.648 bits per heavy atom. The number of nitrogens with two attached hydrogens (primary N) is 1. The zero-order chi connectivity index (χ0) is 52.4. The lowest BCUT2D eigenvalue weighted by Crippen LogP contribution is -2.41. The number of amides is 4. The Morgan fingerprint density at radius 3 is 1.61 bits per heavy atom. The first-order valence-corrected chi connectivity index (χ1v) is 24.6. The minimum Gasteiger partial charge on any atom is -0.506 e. The number of carboxylic acids is 1. The highest BCUT2D eigenvalue weighted by Crippen LogP contribution is 2.26. The number of ether oxygens (including phenoxy) is 11. The number of aromatic hydroxyl groups is 1. The van der Waals surface area contributed by atoms with Gasteiger partial charge in [-0.05, 0) is 77.0 Å². The van der Waals surface area contributed by atoms with Crippen LogP contribution in [0, 0.1) is 5.92 Å². The number of nitrogens with one attached hydrogen (secondary N) is 4. The van der Waals surface area contributed by atoms with Crippen LogP contribution < -0.4 is 27.0 Å². The normalized spacial score (nSPS) is 12.7. The van der Waals surface area contributed by atoms with Gasteiger partial charge in [0.15, 0.2) is 0 Å². The molecule has 0 aliphatic rings. The Morgan fingerprint density at radius 2 is 1.13 bits per heavy atom. The first-order valence-electron chi connectivity index (χ1n) is 24.6. The van der Waals surface area contributed by atoms with E-state index in [1.165, 1.54) is 19.1 Å². The SMILES string of the molecule is CCCCNC(=O)[C@@H](N)CCCCNC(=O)COCCOCCOCCOCCOCCOCCOCCOCCOCCOC(=O)Nc1cc(CC(CC(C)C(=O)O)NC(=O)OC(C)(C)C)ccc1O. The second-order valence-corrected chi connectivity index (χ2v) is 17.2. The summed E-state index contributed by atoms with van der Waals surface area (Å²) >= 11 is 0. The second-order valence-electron chi connectivity index (χ2n) is 17.2. The Balaban J connectivity index is 1.91. The van der Waals surface area contributed by atoms with Gasteiger partial charge in [-0.2, -0.15) is 0 Å². The molecule has 0 saturated heterocycles. The number of alkyl carbamates (subject to hydrolysis) is 1. The van der Waals surface area contributed by atoms with Crippen LogP contribution in [-0.2, 0) is 72.9 Å². The number of carbonyl (C=O) groups excluding carboxylic acids is 4. The number of benzene rings is 1. The molecule has 0 spiro atoms. The molecule has 1 aromatic carbocycles. The van der Waals surface area contributed by atoms with Gasteiger partial charge >= 0.3 is 18.2 Å². The summed E-state index contributed by atoms with van der Waals surface area (Å²) in [7, 11) is 0. The molecule has 23 heteroatoms. The second kappa shape index (κ2) is 42.1. The lowest BCUT2D eigenvalue weighted by molar-refractivity contribution is -0.141. The van der Waals surface area contributed by atoms with Crippen molar-refractivity contribution in [2.75, 3.05) is 144 Å². The van der Waals surface area contributed by atoms with E-state index in [4.69, 9.17) is 57.8 Å². The van der Waals surface area contributed by atoms with E-state index in [1.54, 1.807) is 26.8 Å². The molecule has 0 heterocycles. The van der Waals surface area contributed by atoms with Crippen LogP contribution in [0.25, 0.3) is 0 Å². The summed E-state index contributed by atoms with van der Waals surface area (Å²) < 4.78 is 59.6. The molecule has 0 aromatic heterocycles. The van der Waals surface area contributed by atoms with Crippen LogP contribution in [0.2, 0.25) is 0 Å². The van der Waals surface area contributed by atoms with Crippen molar-refractivity contribution in [2.24, 2.45) is 11.7 Å². The molecule has 71 heavy (non-hydrogen) atoms. The van der Waals surface area contributed by atoms with Crippen molar-refractivity contribution in [2.45, 2.75) is 97.2 Å². The number of phenolic OH excluding ortho intramolecular Hbond substituents is 1. The lowest BCUT2D eigenvalue weighted by atomic mass is 9.96. The Labute approximate surface area is 419 Å². The fraction of sp³-hybridized carbons (Fsp3) is 0.771. The van der Waals surface area contributed by atoms with Crippen molar-refractivity contribution < 1.29 is 86.3 Å². The number of carbonyl (C=O) groups is 5. The summed E-state index contributed by atoms with van der Waals surface area (Å²) in [5, 5.41) is 30.5. The number of hydrogen-bond acceptors (Lipinski definition) is 18. The Kier molecular flexibility index (Phi) is 38.3. The molecule has 8 N–H and O–H groups in total. The molecule has 410 valence electrons. The predicted molar refractivity (Wildman–Crippen MR) is 261 cm³/mol. The van der Waals surface area contributed by atoms with E-state index in [1.807, 2.05) is 0 Å². The van der Waals surface area contributed by atoms with E-state index in [-0.39, 0.29) is 62.5 Å². The number of hydrogen-bond donors (Lipinski definition) is 7. The average Bonchev–Trinajstić information content (AvgIpc) is 3.31. The monoisotopic (exact) mass is 1020 g/mol. The van der Waals surface area contributed by atoms with Crippen molar-refractivity contribution in [3.05, 3.63) is 23.8 Å². The van der Waals surface area contributed by atoms with Crippen LogP contribution in [0.5, 0.6) is 5.75 Å². The molecule has 1 aromatic rings. The molecule has 3 atom stereocenters. The highest BCUT2D eigenvalue weighted by Gasteiger charge is 2.24. The third-order valence-corrected chi connectivity index (χ3v) is 9.66. The van der Waals surface area contributed by atoms with Crippen LogP contribution in [0.4, 0.5) is 15.3 Å². The molecule has 4 amide bonds. The molecule has 23 nitrogen and oxygen atoms in total. The van der Waals surface area contributed by atoms with Gasteiger partial charge in [0.25, 0.3) is 0 Å². The van der Waals surface area contributed by atoms with Gasteiger partial charge in [-0.1, -0.05) is 26.3 Å². The van der Waals surface area contributed by atoms with E-state index in [2.05, 4.69) is 28.2 Å². The van der Waals surface area contributed by atoms with Gasteiger partial charge in [-0.3, -0.25) is 19.7 Å². The number of unbranched alkanes of at least 4 members (excludes halogenated alkanes) is 2. The van der Waals surface area contributed by atoms with Gasteiger partial charge in [0.2, 0.25) is 11.8 Å². The summed E-state index contributed by atoms with van der Waals surface area (Å²) in [5.74, 6) is -2.29. The Bertz CT molecular complexity index is 1570. The summed E-state index contributed by atoms with van der Waals surface area (Å²) in [4.78, 5) is 60.1. The Hall–Kier alpha value is -4.43. The summed E-state index contributed by atoms with van der Waals surface area (Å²) in [6.45, 7) is 16.1. The molecule has 0 fully saturated rings. The number of anilines is 1. The summed E-state index contributed by atoms with van der Waals surface area (Å²) in [5.41, 5.74) is 5.86. The van der Waals surface area contributed by atoms with E-state index in [0.717, 1.165) is 25.7 Å². The van der Waals surface area contributed by atoms with E-state index in [9.17, 15) is 34.2 Å². The van der Waals surface area contributed by atoms with Gasteiger partial charge in [0.05, 0.1) is 130 Å². The summed E-state index contributed by atoms with van der Waals surface area (Å²) in [6, 6.07) is 3.38. The quantitative estimate of drug-likeness (QED) is 0.0365. The average molecular weight is 1020 g/mol. The van der Waals surface area contributed by atoms with Crippen molar-refractivity contribution in [3.63, 3.8) is 0 Å². The number of aliphatic carboxylic acids is 1. The van der Waals surface area contributed by atoms with Crippen LogP contribution in [0.3, 0.4) is 0 Å². The predicted octanol–water partition coefficient (Wildman–Crippen LogP) is 3.17. The van der Waals surface area contributed by atoms with Crippen molar-refractivity contribution in [1.29, 1.82) is 0 Å². The van der Waals surface area contributed by atoms with E-state index < -0.39 is 41.8 Å². The van der Waals surface area contributed by atoms with Crippen LogP contribution in [-0.4, -0.2) is 196 Å². The van der Waals surface area contributed by atoms with Gasteiger partial charge in [0.1, 0.15) is 24.6 Å².